The quantitative estimate of drug-likeness (QED) is 0.782. The highest BCUT2D eigenvalue weighted by Crippen LogP contribution is 2.44. The third kappa shape index (κ3) is 1.75. The van der Waals surface area contributed by atoms with Gasteiger partial charge >= 0.3 is 0 Å². The van der Waals surface area contributed by atoms with Gasteiger partial charge < -0.3 is 14.4 Å². The average molecular weight is 261 g/mol. The van der Waals surface area contributed by atoms with Gasteiger partial charge in [0.15, 0.2) is 5.60 Å². The largest absolute Gasteiger partial charge is 0.497 e. The lowest BCUT2D eigenvalue weighted by Gasteiger charge is -2.24. The Morgan fingerprint density at radius 2 is 2.11 bits per heavy atom. The molecule has 4 heteroatoms. The summed E-state index contributed by atoms with van der Waals surface area (Å²) in [6.07, 6.45) is 0.601. The summed E-state index contributed by atoms with van der Waals surface area (Å²) in [6.45, 7) is 5.78. The predicted octanol–water partition coefficient (Wildman–Crippen LogP) is 2.53. The molecule has 1 amide bonds. The van der Waals surface area contributed by atoms with Crippen LogP contribution in [0.2, 0.25) is 0 Å². The zero-order valence-corrected chi connectivity index (χ0v) is 11.8. The van der Waals surface area contributed by atoms with Gasteiger partial charge in [0.2, 0.25) is 0 Å². The van der Waals surface area contributed by atoms with Crippen molar-refractivity contribution in [1.29, 1.82) is 0 Å². The van der Waals surface area contributed by atoms with Gasteiger partial charge in [0.1, 0.15) is 5.76 Å². The van der Waals surface area contributed by atoms with Crippen LogP contribution in [0.3, 0.4) is 0 Å². The first-order valence-electron chi connectivity index (χ1n) is 6.23. The van der Waals surface area contributed by atoms with Crippen molar-refractivity contribution in [2.45, 2.75) is 18.9 Å². The Morgan fingerprint density at radius 3 is 2.63 bits per heavy atom. The Kier molecular flexibility index (Phi) is 3.37. The second-order valence-corrected chi connectivity index (χ2v) is 4.61. The molecule has 0 bridgehead atoms. The summed E-state index contributed by atoms with van der Waals surface area (Å²) < 4.78 is 10.7. The maximum Gasteiger partial charge on any atom is 0.263 e. The number of fused-ring (bicyclic) bond motifs is 1. The Labute approximate surface area is 113 Å². The predicted molar refractivity (Wildman–Crippen MR) is 74.9 cm³/mol. The molecule has 0 spiro atoms. The van der Waals surface area contributed by atoms with Gasteiger partial charge in [0, 0.05) is 25.3 Å². The van der Waals surface area contributed by atoms with E-state index in [1.54, 1.807) is 26.2 Å². The number of nitrogens with zero attached hydrogens (tertiary/aromatic N) is 1. The van der Waals surface area contributed by atoms with Crippen LogP contribution in [0.15, 0.2) is 24.8 Å². The molecule has 1 unspecified atom stereocenters. The molecule has 102 valence electrons. The summed E-state index contributed by atoms with van der Waals surface area (Å²) in [4.78, 5) is 14.1. The van der Waals surface area contributed by atoms with Crippen LogP contribution >= 0.6 is 0 Å². The fraction of sp³-hybridized carbons (Fsp3) is 0.400. The number of ether oxygens (including phenoxy) is 2. The molecule has 1 atom stereocenters. The van der Waals surface area contributed by atoms with Crippen LogP contribution in [0.4, 0.5) is 5.69 Å². The Balaban J connectivity index is 2.59. The number of benzene rings is 1. The monoisotopic (exact) mass is 261 g/mol. The van der Waals surface area contributed by atoms with E-state index in [1.807, 2.05) is 25.1 Å². The number of carbonyl (C=O) groups excluding carboxylic acids is 1. The van der Waals surface area contributed by atoms with Crippen LogP contribution in [0.5, 0.6) is 0 Å². The Bertz CT molecular complexity index is 532. The van der Waals surface area contributed by atoms with E-state index in [0.717, 1.165) is 16.8 Å². The van der Waals surface area contributed by atoms with Crippen molar-refractivity contribution in [2.75, 3.05) is 26.2 Å². The highest BCUT2D eigenvalue weighted by molar-refractivity contribution is 6.07. The molecule has 1 aliphatic heterocycles. The molecule has 1 heterocycles. The fourth-order valence-corrected chi connectivity index (χ4v) is 2.62. The highest BCUT2D eigenvalue weighted by atomic mass is 16.5. The number of anilines is 1. The van der Waals surface area contributed by atoms with E-state index in [1.165, 1.54) is 0 Å². The minimum atomic E-state index is -0.864. The molecule has 0 fully saturated rings. The van der Waals surface area contributed by atoms with Crippen LogP contribution < -0.4 is 4.90 Å². The summed E-state index contributed by atoms with van der Waals surface area (Å²) in [6, 6.07) is 5.74. The second-order valence-electron chi connectivity index (χ2n) is 4.61. The lowest BCUT2D eigenvalue weighted by Crippen LogP contribution is -2.39. The van der Waals surface area contributed by atoms with Crippen molar-refractivity contribution in [1.82, 2.24) is 0 Å². The number of likely N-dealkylation sites (N-methyl/N-ethyl adjacent to an activating group) is 1. The van der Waals surface area contributed by atoms with E-state index in [4.69, 9.17) is 9.47 Å². The third-order valence-corrected chi connectivity index (χ3v) is 3.86. The molecule has 1 aromatic rings. The standard InChI is InChI=1S/C15H19NO3/c1-6-15(19-5)12-8-7-11(10(2)18-4)9-13(12)16(3)14(15)17/h7-9H,2,6H2,1,3-5H3. The van der Waals surface area contributed by atoms with E-state index in [9.17, 15) is 4.79 Å². The van der Waals surface area contributed by atoms with Gasteiger partial charge in [-0.3, -0.25) is 4.79 Å². The lowest BCUT2D eigenvalue weighted by atomic mass is 9.91. The first-order chi connectivity index (χ1) is 9.01. The maximum absolute atomic E-state index is 12.4. The first kappa shape index (κ1) is 13.6. The minimum Gasteiger partial charge on any atom is -0.497 e. The fourth-order valence-electron chi connectivity index (χ4n) is 2.62. The summed E-state index contributed by atoms with van der Waals surface area (Å²) in [5.41, 5.74) is 1.75. The van der Waals surface area contributed by atoms with E-state index < -0.39 is 5.60 Å². The normalized spacial score (nSPS) is 21.5. The van der Waals surface area contributed by atoms with Gasteiger partial charge in [-0.05, 0) is 12.5 Å². The molecule has 2 rings (SSSR count). The van der Waals surface area contributed by atoms with E-state index in [-0.39, 0.29) is 5.91 Å². The number of rotatable bonds is 4. The molecule has 0 aromatic heterocycles. The molecule has 0 N–H and O–H groups in total. The van der Waals surface area contributed by atoms with Crippen molar-refractivity contribution < 1.29 is 14.3 Å². The van der Waals surface area contributed by atoms with Crippen LogP contribution in [0.25, 0.3) is 5.76 Å². The van der Waals surface area contributed by atoms with Crippen molar-refractivity contribution >= 4 is 17.4 Å². The van der Waals surface area contributed by atoms with Crippen molar-refractivity contribution in [3.05, 3.63) is 35.9 Å². The van der Waals surface area contributed by atoms with E-state index >= 15 is 0 Å². The number of hydrogen-bond donors (Lipinski definition) is 0. The molecule has 1 aromatic carbocycles. The average Bonchev–Trinajstić information content (AvgIpc) is 2.67. The molecule has 0 aliphatic carbocycles. The first-order valence-corrected chi connectivity index (χ1v) is 6.23. The van der Waals surface area contributed by atoms with Crippen molar-refractivity contribution in [3.8, 4) is 0 Å². The summed E-state index contributed by atoms with van der Waals surface area (Å²) >= 11 is 0. The zero-order chi connectivity index (χ0) is 14.2. The van der Waals surface area contributed by atoms with Gasteiger partial charge in [-0.1, -0.05) is 25.6 Å². The maximum atomic E-state index is 12.4. The summed E-state index contributed by atoms with van der Waals surface area (Å²) in [5.74, 6) is 0.544. The van der Waals surface area contributed by atoms with Crippen LogP contribution in [-0.4, -0.2) is 27.2 Å². The van der Waals surface area contributed by atoms with Gasteiger partial charge in [-0.25, -0.2) is 0 Å². The summed E-state index contributed by atoms with van der Waals surface area (Å²) in [7, 11) is 4.92. The molecular weight excluding hydrogens is 242 g/mol. The molecular formula is C15H19NO3. The highest BCUT2D eigenvalue weighted by Gasteiger charge is 2.49. The minimum absolute atomic E-state index is 0.0346. The van der Waals surface area contributed by atoms with Crippen LogP contribution in [0, 0.1) is 0 Å². The van der Waals surface area contributed by atoms with Crippen molar-refractivity contribution in [2.24, 2.45) is 0 Å². The number of amides is 1. The lowest BCUT2D eigenvalue weighted by molar-refractivity contribution is -0.140. The molecule has 0 saturated heterocycles. The van der Waals surface area contributed by atoms with E-state index in [0.29, 0.717) is 12.2 Å². The Hall–Kier alpha value is -1.81. The smallest absolute Gasteiger partial charge is 0.263 e. The van der Waals surface area contributed by atoms with Crippen LogP contribution in [-0.2, 0) is 19.9 Å². The zero-order valence-electron chi connectivity index (χ0n) is 11.8. The number of methoxy groups -OCH3 is 2. The SMILES string of the molecule is C=C(OC)c1ccc2c(c1)N(C)C(=O)C2(CC)OC. The van der Waals surface area contributed by atoms with Gasteiger partial charge in [0.25, 0.3) is 5.91 Å². The van der Waals surface area contributed by atoms with Crippen molar-refractivity contribution in [3.63, 3.8) is 0 Å². The third-order valence-electron chi connectivity index (χ3n) is 3.86. The molecule has 0 radical (unpaired) electrons. The van der Waals surface area contributed by atoms with E-state index in [2.05, 4.69) is 6.58 Å². The molecule has 1 aliphatic rings. The molecule has 4 nitrogen and oxygen atoms in total. The molecule has 0 saturated carbocycles. The summed E-state index contributed by atoms with van der Waals surface area (Å²) in [5, 5.41) is 0. The topological polar surface area (TPSA) is 38.8 Å². The van der Waals surface area contributed by atoms with Crippen LogP contribution in [0.1, 0.15) is 24.5 Å². The van der Waals surface area contributed by atoms with Gasteiger partial charge in [-0.15, -0.1) is 0 Å². The number of hydrogen-bond acceptors (Lipinski definition) is 3. The Morgan fingerprint density at radius 1 is 1.42 bits per heavy atom. The van der Waals surface area contributed by atoms with Gasteiger partial charge in [0.05, 0.1) is 12.8 Å². The molecule has 19 heavy (non-hydrogen) atoms. The van der Waals surface area contributed by atoms with Gasteiger partial charge in [-0.2, -0.15) is 0 Å². The number of carbonyl (C=O) groups is 1. The second kappa shape index (κ2) is 4.70.